The third-order valence-corrected chi connectivity index (χ3v) is 0. The summed E-state index contributed by atoms with van der Waals surface area (Å²) in [5.41, 5.74) is 0. The number of hydrogen-bond donors (Lipinski definition) is 1. The average Bonchev–Trinajstić information content (AvgIpc) is 1.00. The molecule has 0 aromatic carbocycles. The summed E-state index contributed by atoms with van der Waals surface area (Å²) >= 11 is 0. The third kappa shape index (κ3) is 8.82. The van der Waals surface area contributed by atoms with Gasteiger partial charge in [-0.05, 0) is 0 Å². The molecule has 0 saturated heterocycles. The van der Waals surface area contributed by atoms with Gasteiger partial charge < -0.3 is 4.80 Å². The average molecular weight is 136 g/mol. The zero-order valence-corrected chi connectivity index (χ0v) is 5.51. The Bertz CT molecular complexity index is 8.00. The molecule has 0 aromatic rings. The van der Waals surface area contributed by atoms with E-state index in [0.29, 0.717) is 10.5 Å². The van der Waals surface area contributed by atoms with Crippen LogP contribution in [0.1, 0.15) is 0 Å². The van der Waals surface area contributed by atoms with E-state index in [1.54, 1.807) is 0 Å². The van der Waals surface area contributed by atoms with E-state index in [1.807, 2.05) is 0 Å². The Labute approximate surface area is 86.4 Å². The van der Waals surface area contributed by atoms with E-state index in [0.717, 1.165) is 0 Å². The maximum absolute atomic E-state index is 7.14. The molecule has 0 heterocycles. The van der Waals surface area contributed by atoms with Crippen LogP contribution in [0.15, 0.2) is 0 Å². The van der Waals surface area contributed by atoms with Crippen molar-refractivity contribution in [1.82, 2.24) is 0 Å². The Morgan fingerprint density at radius 1 is 1.25 bits per heavy atom. The molecule has 1 N–H and O–H groups in total. The van der Waals surface area contributed by atoms with E-state index in [4.69, 9.17) is 4.80 Å². The van der Waals surface area contributed by atoms with Gasteiger partial charge in [-0.2, -0.15) is 0 Å². The molecule has 0 amide bonds. The molecule has 20 valence electrons. The molecule has 0 spiro atoms. The smallest absolute Gasteiger partial charge is 0 e. The van der Waals surface area contributed by atoms with Crippen molar-refractivity contribution in [3.05, 3.63) is 0 Å². The fraction of sp³-hybridized carbons (Fsp3) is 0. The third-order valence-electron chi connectivity index (χ3n) is 0. The molecule has 1 nitrogen and oxygen atoms in total. The Morgan fingerprint density at radius 3 is 1.25 bits per heavy atom. The fourth-order valence-electron chi connectivity index (χ4n) is 0. The van der Waals surface area contributed by atoms with Crippen molar-refractivity contribution in [1.29, 1.82) is 0 Å². The molecule has 0 aromatic heterocycles. The molecule has 0 bridgehead atoms. The second kappa shape index (κ2) is 17.7. The molecule has 4 heteroatoms. The van der Waals surface area contributed by atoms with E-state index >= 15 is 0 Å². The van der Waals surface area contributed by atoms with E-state index in [-0.39, 0.29) is 73.1 Å². The summed E-state index contributed by atoms with van der Waals surface area (Å²) < 4.78 is 0. The first kappa shape index (κ1) is 16.0. The molecule has 0 radical (unpaired) electrons. The number of hydrogen-bond acceptors (Lipinski definition) is 1. The minimum atomic E-state index is 0. The quantitative estimate of drug-likeness (QED) is 0.368. The summed E-state index contributed by atoms with van der Waals surface area (Å²) in [5.74, 6) is 0. The molecular formula is H5KOSiTi. The largest absolute Gasteiger partial charge is 0 e. The van der Waals surface area contributed by atoms with Crippen LogP contribution < -0.4 is 0 Å². The van der Waals surface area contributed by atoms with Crippen molar-refractivity contribution in [3.63, 3.8) is 0 Å². The summed E-state index contributed by atoms with van der Waals surface area (Å²) in [5, 5.41) is 0. The molecule has 0 saturated carbocycles. The number of rotatable bonds is 0. The Morgan fingerprint density at radius 2 is 1.25 bits per heavy atom. The minimum Gasteiger partial charge on any atom is 0 e. The van der Waals surface area contributed by atoms with Crippen LogP contribution in [0.25, 0.3) is 0 Å². The second-order valence-corrected chi connectivity index (χ2v) is 0. The van der Waals surface area contributed by atoms with Crippen LogP contribution in [-0.4, -0.2) is 66.7 Å². The molecule has 0 unspecified atom stereocenters. The molecule has 0 atom stereocenters. The Hall–Kier alpha value is 2.53. The summed E-state index contributed by atoms with van der Waals surface area (Å²) in [6, 6.07) is 0. The van der Waals surface area contributed by atoms with Gasteiger partial charge in [0.05, 0.1) is 0 Å². The first-order valence-electron chi connectivity index (χ1n) is 0.447. The normalized spacial score (nSPS) is 2.25. The van der Waals surface area contributed by atoms with Crippen LogP contribution in [0, 0.1) is 0 Å². The first-order valence-corrected chi connectivity index (χ1v) is 1.34. The second-order valence-electron chi connectivity index (χ2n) is 0. The van der Waals surface area contributed by atoms with Crippen molar-refractivity contribution in [3.8, 4) is 0 Å². The molecule has 0 aliphatic carbocycles. The van der Waals surface area contributed by atoms with Crippen molar-refractivity contribution in [2.24, 2.45) is 0 Å². The molecule has 0 aliphatic heterocycles. The fourth-order valence-corrected chi connectivity index (χ4v) is 0. The topological polar surface area (TPSA) is 20.2 Å². The van der Waals surface area contributed by atoms with Gasteiger partial charge in [-0.1, -0.05) is 0 Å². The van der Waals surface area contributed by atoms with Gasteiger partial charge in [0, 0.05) is 21.7 Å². The van der Waals surface area contributed by atoms with Gasteiger partial charge in [0.25, 0.3) is 0 Å². The Kier molecular flexibility index (Phi) is 71.1. The van der Waals surface area contributed by atoms with Gasteiger partial charge in [-0.15, -0.1) is 0 Å². The van der Waals surface area contributed by atoms with Gasteiger partial charge in [0.1, 0.15) is 10.5 Å². The maximum atomic E-state index is 7.14. The van der Waals surface area contributed by atoms with Gasteiger partial charge in [-0.25, -0.2) is 0 Å². The van der Waals surface area contributed by atoms with Crippen LogP contribution in [0.2, 0.25) is 0 Å². The van der Waals surface area contributed by atoms with Crippen molar-refractivity contribution < 1.29 is 26.5 Å². The standard InChI is InChI=1S/K.H4OSi.Ti.H/c;1-2;;/h;1H,2H3;;. The monoisotopic (exact) mass is 136 g/mol. The van der Waals surface area contributed by atoms with E-state index in [9.17, 15) is 0 Å². The zero-order valence-electron chi connectivity index (χ0n) is 1.95. The SMILES string of the molecule is O[SiH3].[KH].[Ti]. The van der Waals surface area contributed by atoms with Gasteiger partial charge in [0.15, 0.2) is 0 Å². The zero-order chi connectivity index (χ0) is 2.00. The van der Waals surface area contributed by atoms with Crippen LogP contribution in [0.3, 0.4) is 0 Å². The predicted octanol–water partition coefficient (Wildman–Crippen LogP) is -2.39. The van der Waals surface area contributed by atoms with Gasteiger partial charge in [-0.3, -0.25) is 0 Å². The van der Waals surface area contributed by atoms with E-state index < -0.39 is 0 Å². The van der Waals surface area contributed by atoms with E-state index in [1.165, 1.54) is 0 Å². The molecule has 4 heavy (non-hydrogen) atoms. The van der Waals surface area contributed by atoms with Gasteiger partial charge >= 0.3 is 51.4 Å². The van der Waals surface area contributed by atoms with Gasteiger partial charge in [0.2, 0.25) is 0 Å². The van der Waals surface area contributed by atoms with E-state index in [2.05, 4.69) is 0 Å². The summed E-state index contributed by atoms with van der Waals surface area (Å²) in [4.78, 5) is 7.14. The summed E-state index contributed by atoms with van der Waals surface area (Å²) in [6.07, 6.45) is 0. The van der Waals surface area contributed by atoms with Crippen molar-refractivity contribution in [2.45, 2.75) is 0 Å². The molecule has 0 fully saturated rings. The van der Waals surface area contributed by atoms with Crippen LogP contribution in [0.5, 0.6) is 0 Å². The predicted molar refractivity (Wildman–Crippen MR) is 19.3 cm³/mol. The van der Waals surface area contributed by atoms with Crippen molar-refractivity contribution in [2.75, 3.05) is 0 Å². The first-order chi connectivity index (χ1) is 1.00. The maximum Gasteiger partial charge on any atom is 0 e. The molecule has 0 rings (SSSR count). The van der Waals surface area contributed by atoms with Crippen molar-refractivity contribution >= 4 is 61.9 Å². The Balaban J connectivity index is -0.00000000500. The minimum absolute atomic E-state index is 0. The van der Waals surface area contributed by atoms with Crippen LogP contribution >= 0.6 is 0 Å². The molecular weight excluding hydrogens is 131 g/mol. The van der Waals surface area contributed by atoms with Crippen LogP contribution in [-0.2, 0) is 21.7 Å². The summed E-state index contributed by atoms with van der Waals surface area (Å²) in [7, 11) is 0.306. The molecule has 0 aliphatic rings. The summed E-state index contributed by atoms with van der Waals surface area (Å²) in [6.45, 7) is 0. The van der Waals surface area contributed by atoms with Crippen LogP contribution in [0.4, 0.5) is 0 Å².